The Kier molecular flexibility index (Phi) is 2.53. The Hall–Kier alpha value is -2.27. The highest BCUT2D eigenvalue weighted by Crippen LogP contribution is 2.24. The van der Waals surface area contributed by atoms with Gasteiger partial charge in [-0.25, -0.2) is 0 Å². The second-order valence-corrected chi connectivity index (χ2v) is 5.24. The first-order valence-electron chi connectivity index (χ1n) is 6.81. The van der Waals surface area contributed by atoms with Crippen molar-refractivity contribution in [3.8, 4) is 0 Å². The fraction of sp³-hybridized carbons (Fsp3) is 0.267. The number of oxazole rings is 1. The number of benzene rings is 1. The second-order valence-electron chi connectivity index (χ2n) is 5.24. The Morgan fingerprint density at radius 1 is 1.35 bits per heavy atom. The van der Waals surface area contributed by atoms with Gasteiger partial charge in [-0.2, -0.15) is 4.98 Å². The summed E-state index contributed by atoms with van der Waals surface area (Å²) in [6.45, 7) is 2.69. The van der Waals surface area contributed by atoms with Gasteiger partial charge in [-0.05, 0) is 11.6 Å². The highest BCUT2D eigenvalue weighted by Gasteiger charge is 2.22. The molecule has 1 aromatic carbocycles. The summed E-state index contributed by atoms with van der Waals surface area (Å²) in [5.41, 5.74) is 9.10. The van der Waals surface area contributed by atoms with E-state index in [1.165, 1.54) is 16.5 Å². The Labute approximate surface area is 116 Å². The average Bonchev–Trinajstić information content (AvgIpc) is 3.02. The molecule has 20 heavy (non-hydrogen) atoms. The molecule has 0 radical (unpaired) electrons. The van der Waals surface area contributed by atoms with Gasteiger partial charge in [0.15, 0.2) is 0 Å². The minimum atomic E-state index is 0.281. The van der Waals surface area contributed by atoms with Crippen LogP contribution in [0.2, 0.25) is 0 Å². The van der Waals surface area contributed by atoms with E-state index in [1.54, 1.807) is 0 Å². The predicted molar refractivity (Wildman–Crippen MR) is 77.0 cm³/mol. The van der Waals surface area contributed by atoms with Crippen molar-refractivity contribution in [1.82, 2.24) is 14.9 Å². The van der Waals surface area contributed by atoms with Crippen molar-refractivity contribution in [3.05, 3.63) is 47.5 Å². The number of nitrogens with two attached hydrogens (primary N) is 1. The molecule has 5 nitrogen and oxygen atoms in total. The molecule has 0 spiro atoms. The van der Waals surface area contributed by atoms with Crippen molar-refractivity contribution >= 4 is 16.9 Å². The molecule has 3 N–H and O–H groups in total. The molecule has 0 unspecified atom stereocenters. The number of nitrogens with one attached hydrogen (secondary N) is 1. The fourth-order valence-electron chi connectivity index (χ4n) is 2.91. The summed E-state index contributed by atoms with van der Waals surface area (Å²) in [7, 11) is 0. The minimum absolute atomic E-state index is 0.281. The van der Waals surface area contributed by atoms with Gasteiger partial charge in [0.05, 0.1) is 5.69 Å². The molecule has 0 bridgehead atoms. The van der Waals surface area contributed by atoms with Gasteiger partial charge < -0.3 is 15.1 Å². The van der Waals surface area contributed by atoms with Gasteiger partial charge in [0.1, 0.15) is 5.76 Å². The third kappa shape index (κ3) is 1.87. The summed E-state index contributed by atoms with van der Waals surface area (Å²) in [6.07, 6.45) is 2.97. The summed E-state index contributed by atoms with van der Waals surface area (Å²) in [5.74, 6) is 0.942. The molecule has 3 heterocycles. The average molecular weight is 268 g/mol. The number of rotatable bonds is 2. The molecule has 0 aliphatic carbocycles. The Bertz CT molecular complexity index is 758. The molecule has 102 valence electrons. The lowest BCUT2D eigenvalue weighted by molar-refractivity contribution is 0.233. The fourth-order valence-corrected chi connectivity index (χ4v) is 2.91. The lowest BCUT2D eigenvalue weighted by Crippen LogP contribution is -2.29. The molecule has 2 aromatic heterocycles. The van der Waals surface area contributed by atoms with Crippen molar-refractivity contribution in [1.29, 1.82) is 0 Å². The summed E-state index contributed by atoms with van der Waals surface area (Å²) >= 11 is 0. The van der Waals surface area contributed by atoms with Gasteiger partial charge in [-0.15, -0.1) is 0 Å². The molecule has 1 aliphatic heterocycles. The van der Waals surface area contributed by atoms with Gasteiger partial charge in [-0.3, -0.25) is 4.90 Å². The lowest BCUT2D eigenvalue weighted by atomic mass is 10.1. The predicted octanol–water partition coefficient (Wildman–Crippen LogP) is 2.30. The summed E-state index contributed by atoms with van der Waals surface area (Å²) in [6, 6.07) is 8.67. The zero-order chi connectivity index (χ0) is 13.5. The largest absolute Gasteiger partial charge is 0.429 e. The summed E-state index contributed by atoms with van der Waals surface area (Å²) < 4.78 is 5.39. The maximum absolute atomic E-state index is 5.61. The van der Waals surface area contributed by atoms with E-state index >= 15 is 0 Å². The number of anilines is 1. The first kappa shape index (κ1) is 11.5. The molecular formula is C15H16N4O. The number of fused-ring (bicyclic) bond motifs is 2. The van der Waals surface area contributed by atoms with Crippen LogP contribution in [-0.2, 0) is 19.5 Å². The van der Waals surface area contributed by atoms with Crippen LogP contribution in [0.5, 0.6) is 0 Å². The van der Waals surface area contributed by atoms with Crippen LogP contribution in [0.3, 0.4) is 0 Å². The van der Waals surface area contributed by atoms with Gasteiger partial charge in [0, 0.05) is 43.2 Å². The first-order valence-corrected chi connectivity index (χ1v) is 6.81. The molecular weight excluding hydrogens is 252 g/mol. The van der Waals surface area contributed by atoms with Crippen molar-refractivity contribution < 1.29 is 4.42 Å². The smallest absolute Gasteiger partial charge is 0.292 e. The Balaban J connectivity index is 1.58. The molecule has 4 rings (SSSR count). The third-order valence-corrected chi connectivity index (χ3v) is 3.89. The molecule has 0 amide bonds. The molecule has 3 aromatic rings. The lowest BCUT2D eigenvalue weighted by Gasteiger charge is -2.24. The molecule has 5 heteroatoms. The number of aromatic nitrogens is 2. The van der Waals surface area contributed by atoms with Crippen LogP contribution >= 0.6 is 0 Å². The van der Waals surface area contributed by atoms with Crippen molar-refractivity contribution in [2.45, 2.75) is 19.5 Å². The van der Waals surface area contributed by atoms with E-state index in [0.29, 0.717) is 0 Å². The standard InChI is InChI=1S/C15H16N4O/c16-15-18-13-9-19(6-5-14(13)20-15)8-10-7-17-12-4-2-1-3-11(10)12/h1-4,7,17H,5-6,8-9H2,(H2,16,18). The van der Waals surface area contributed by atoms with E-state index in [-0.39, 0.29) is 6.01 Å². The van der Waals surface area contributed by atoms with E-state index in [1.807, 2.05) is 6.07 Å². The maximum Gasteiger partial charge on any atom is 0.292 e. The number of hydrogen-bond donors (Lipinski definition) is 2. The van der Waals surface area contributed by atoms with Crippen LogP contribution in [0.25, 0.3) is 10.9 Å². The minimum Gasteiger partial charge on any atom is -0.429 e. The number of aromatic amines is 1. The molecule has 1 aliphatic rings. The van der Waals surface area contributed by atoms with Crippen molar-refractivity contribution in [2.24, 2.45) is 0 Å². The maximum atomic E-state index is 5.61. The topological polar surface area (TPSA) is 71.1 Å². The number of nitrogens with zero attached hydrogens (tertiary/aromatic N) is 2. The van der Waals surface area contributed by atoms with Gasteiger partial charge in [0.25, 0.3) is 6.01 Å². The van der Waals surface area contributed by atoms with E-state index < -0.39 is 0 Å². The molecule has 0 atom stereocenters. The quantitative estimate of drug-likeness (QED) is 0.748. The van der Waals surface area contributed by atoms with Crippen molar-refractivity contribution in [3.63, 3.8) is 0 Å². The first-order chi connectivity index (χ1) is 9.79. The summed E-state index contributed by atoms with van der Waals surface area (Å²) in [4.78, 5) is 9.95. The van der Waals surface area contributed by atoms with Crippen molar-refractivity contribution in [2.75, 3.05) is 12.3 Å². The normalized spacial score (nSPS) is 15.6. The zero-order valence-corrected chi connectivity index (χ0v) is 11.1. The highest BCUT2D eigenvalue weighted by atomic mass is 16.4. The van der Waals surface area contributed by atoms with Gasteiger partial charge >= 0.3 is 0 Å². The van der Waals surface area contributed by atoms with E-state index in [2.05, 4.69) is 39.3 Å². The number of nitrogen functional groups attached to an aromatic ring is 1. The van der Waals surface area contributed by atoms with E-state index in [0.717, 1.165) is 37.5 Å². The van der Waals surface area contributed by atoms with Crippen LogP contribution in [0.15, 0.2) is 34.9 Å². The summed E-state index contributed by atoms with van der Waals surface area (Å²) in [5, 5.41) is 1.29. The Morgan fingerprint density at radius 3 is 3.20 bits per heavy atom. The van der Waals surface area contributed by atoms with Crippen LogP contribution in [-0.4, -0.2) is 21.4 Å². The van der Waals surface area contributed by atoms with Crippen LogP contribution in [0, 0.1) is 0 Å². The third-order valence-electron chi connectivity index (χ3n) is 3.89. The second kappa shape index (κ2) is 4.38. The Morgan fingerprint density at radius 2 is 2.25 bits per heavy atom. The number of para-hydroxylation sites is 1. The van der Waals surface area contributed by atoms with E-state index in [4.69, 9.17) is 10.2 Å². The SMILES string of the molecule is Nc1nc2c(o1)CCN(Cc1c[nH]c3ccccc13)C2. The van der Waals surface area contributed by atoms with Gasteiger partial charge in [-0.1, -0.05) is 18.2 Å². The monoisotopic (exact) mass is 268 g/mol. The van der Waals surface area contributed by atoms with E-state index in [9.17, 15) is 0 Å². The van der Waals surface area contributed by atoms with Crippen LogP contribution < -0.4 is 5.73 Å². The molecule has 0 saturated carbocycles. The van der Waals surface area contributed by atoms with Crippen LogP contribution in [0.1, 0.15) is 17.0 Å². The number of hydrogen-bond acceptors (Lipinski definition) is 4. The number of H-pyrrole nitrogens is 1. The van der Waals surface area contributed by atoms with Crippen LogP contribution in [0.4, 0.5) is 6.01 Å². The molecule has 0 saturated heterocycles. The molecule has 0 fully saturated rings. The zero-order valence-electron chi connectivity index (χ0n) is 11.1. The highest BCUT2D eigenvalue weighted by molar-refractivity contribution is 5.82. The van der Waals surface area contributed by atoms with Gasteiger partial charge in [0.2, 0.25) is 0 Å².